The van der Waals surface area contributed by atoms with E-state index >= 15 is 0 Å². The molecule has 1 unspecified atom stereocenters. The van der Waals surface area contributed by atoms with Gasteiger partial charge < -0.3 is 10.2 Å². The highest BCUT2D eigenvalue weighted by Gasteiger charge is 2.56. The van der Waals surface area contributed by atoms with Crippen LogP contribution in [0.1, 0.15) is 51.2 Å². The van der Waals surface area contributed by atoms with E-state index in [-0.39, 0.29) is 17.4 Å². The zero-order valence-corrected chi connectivity index (χ0v) is 16.1. The standard InChI is InChI=1S/C21H29N3O2/c1-15-10-20(2,3)13-21(11-15)18(25)24(19(26)22-21)14-23-9-8-16-6-4-5-7-17(16)12-23/h4-7,15H,8-14H2,1-3H3,(H,22,26)/p+1/t15-,21-/m1/s1. The highest BCUT2D eigenvalue weighted by Crippen LogP contribution is 2.46. The molecule has 1 aromatic rings. The number of benzene rings is 1. The van der Waals surface area contributed by atoms with Gasteiger partial charge >= 0.3 is 6.03 Å². The Hall–Kier alpha value is -1.88. The summed E-state index contributed by atoms with van der Waals surface area (Å²) in [7, 11) is 0. The molecule has 2 aliphatic heterocycles. The molecular weight excluding hydrogens is 326 g/mol. The predicted molar refractivity (Wildman–Crippen MR) is 99.5 cm³/mol. The van der Waals surface area contributed by atoms with Crippen molar-refractivity contribution in [2.75, 3.05) is 13.2 Å². The van der Waals surface area contributed by atoms with Crippen LogP contribution in [0.25, 0.3) is 0 Å². The molecule has 1 aliphatic carbocycles. The molecule has 140 valence electrons. The maximum atomic E-state index is 13.3. The van der Waals surface area contributed by atoms with Crippen LogP contribution in [0.5, 0.6) is 0 Å². The van der Waals surface area contributed by atoms with E-state index in [1.165, 1.54) is 20.9 Å². The molecule has 3 amide bonds. The number of fused-ring (bicyclic) bond motifs is 1. The minimum absolute atomic E-state index is 0.00603. The summed E-state index contributed by atoms with van der Waals surface area (Å²) in [5, 5.41) is 3.09. The first-order chi connectivity index (χ1) is 12.3. The van der Waals surface area contributed by atoms with Gasteiger partial charge in [-0.05, 0) is 36.2 Å². The number of quaternary nitrogens is 1. The van der Waals surface area contributed by atoms with Crippen LogP contribution in [0.2, 0.25) is 0 Å². The second kappa shape index (κ2) is 6.08. The second-order valence-corrected chi connectivity index (χ2v) is 9.45. The number of hydrogen-bond donors (Lipinski definition) is 2. The van der Waals surface area contributed by atoms with Gasteiger partial charge in [0.05, 0.1) is 6.54 Å². The molecule has 1 saturated heterocycles. The fourth-order valence-electron chi connectivity index (χ4n) is 5.65. The van der Waals surface area contributed by atoms with Crippen LogP contribution in [0.4, 0.5) is 4.79 Å². The number of carbonyl (C=O) groups excluding carboxylic acids is 2. The summed E-state index contributed by atoms with van der Waals surface area (Å²) < 4.78 is 0. The molecule has 0 radical (unpaired) electrons. The van der Waals surface area contributed by atoms with E-state index in [4.69, 9.17) is 0 Å². The minimum Gasteiger partial charge on any atom is -0.323 e. The average Bonchev–Trinajstić information content (AvgIpc) is 2.76. The topological polar surface area (TPSA) is 53.9 Å². The molecule has 3 atom stereocenters. The van der Waals surface area contributed by atoms with E-state index in [0.29, 0.717) is 12.6 Å². The normalized spacial score (nSPS) is 33.3. The molecule has 26 heavy (non-hydrogen) atoms. The average molecular weight is 356 g/mol. The molecule has 2 N–H and O–H groups in total. The van der Waals surface area contributed by atoms with Gasteiger partial charge in [-0.2, -0.15) is 0 Å². The van der Waals surface area contributed by atoms with E-state index in [0.717, 1.165) is 38.8 Å². The van der Waals surface area contributed by atoms with Gasteiger partial charge in [0.15, 0.2) is 6.67 Å². The van der Waals surface area contributed by atoms with Gasteiger partial charge in [-0.1, -0.05) is 45.0 Å². The van der Waals surface area contributed by atoms with Crippen molar-refractivity contribution < 1.29 is 14.5 Å². The van der Waals surface area contributed by atoms with Crippen molar-refractivity contribution in [1.29, 1.82) is 0 Å². The Bertz CT molecular complexity index is 745. The zero-order chi connectivity index (χ0) is 18.5. The van der Waals surface area contributed by atoms with E-state index in [1.54, 1.807) is 0 Å². The maximum Gasteiger partial charge on any atom is 0.329 e. The molecule has 2 fully saturated rings. The SMILES string of the molecule is C[C@@H]1CC(C)(C)C[C@@]2(C1)NC(=O)N(C[NH+]1CCc3ccccc3C1)C2=O. The van der Waals surface area contributed by atoms with Crippen LogP contribution in [0.15, 0.2) is 24.3 Å². The number of rotatable bonds is 2. The van der Waals surface area contributed by atoms with Crippen molar-refractivity contribution in [2.24, 2.45) is 11.3 Å². The van der Waals surface area contributed by atoms with Crippen molar-refractivity contribution in [3.63, 3.8) is 0 Å². The predicted octanol–water partition coefficient (Wildman–Crippen LogP) is 1.72. The molecule has 5 heteroatoms. The maximum absolute atomic E-state index is 13.3. The lowest BCUT2D eigenvalue weighted by Gasteiger charge is -2.43. The van der Waals surface area contributed by atoms with Gasteiger partial charge in [0.25, 0.3) is 5.91 Å². The second-order valence-electron chi connectivity index (χ2n) is 9.45. The molecule has 1 spiro atoms. The number of nitrogens with one attached hydrogen (secondary N) is 2. The molecule has 1 saturated carbocycles. The molecule has 0 bridgehead atoms. The van der Waals surface area contributed by atoms with Gasteiger partial charge in [-0.3, -0.25) is 4.79 Å². The van der Waals surface area contributed by atoms with Crippen LogP contribution in [-0.2, 0) is 17.8 Å². The quantitative estimate of drug-likeness (QED) is 0.793. The molecule has 1 aromatic carbocycles. The van der Waals surface area contributed by atoms with Crippen LogP contribution in [0, 0.1) is 11.3 Å². The summed E-state index contributed by atoms with van der Waals surface area (Å²) in [6.07, 6.45) is 3.61. The largest absolute Gasteiger partial charge is 0.329 e. The Labute approximate surface area is 155 Å². The van der Waals surface area contributed by atoms with Crippen molar-refractivity contribution in [1.82, 2.24) is 10.2 Å². The molecule has 4 rings (SSSR count). The summed E-state index contributed by atoms with van der Waals surface area (Å²) in [6.45, 7) is 8.91. The molecule has 3 aliphatic rings. The molecular formula is C21H30N3O2+. The van der Waals surface area contributed by atoms with Gasteiger partial charge in [-0.25, -0.2) is 9.69 Å². The van der Waals surface area contributed by atoms with Crippen LogP contribution >= 0.6 is 0 Å². The van der Waals surface area contributed by atoms with E-state index in [2.05, 4.69) is 50.4 Å². The zero-order valence-electron chi connectivity index (χ0n) is 16.1. The van der Waals surface area contributed by atoms with Crippen molar-refractivity contribution in [2.45, 2.75) is 58.5 Å². The Morgan fingerprint density at radius 2 is 1.92 bits per heavy atom. The Morgan fingerprint density at radius 3 is 2.65 bits per heavy atom. The number of urea groups is 1. The number of carbonyl (C=O) groups is 2. The third kappa shape index (κ3) is 3.02. The monoisotopic (exact) mass is 356 g/mol. The Kier molecular flexibility index (Phi) is 4.10. The van der Waals surface area contributed by atoms with Gasteiger partial charge in [0, 0.05) is 12.0 Å². The van der Waals surface area contributed by atoms with E-state index in [9.17, 15) is 9.59 Å². The fourth-order valence-corrected chi connectivity index (χ4v) is 5.65. The van der Waals surface area contributed by atoms with E-state index in [1.807, 2.05) is 0 Å². The third-order valence-corrected chi connectivity index (χ3v) is 6.31. The fraction of sp³-hybridized carbons (Fsp3) is 0.619. The Balaban J connectivity index is 1.50. The summed E-state index contributed by atoms with van der Waals surface area (Å²) in [6, 6.07) is 8.28. The first kappa shape index (κ1) is 17.5. The highest BCUT2D eigenvalue weighted by atomic mass is 16.2. The van der Waals surface area contributed by atoms with Gasteiger partial charge in [0.1, 0.15) is 12.1 Å². The molecule has 2 heterocycles. The number of hydrogen-bond acceptors (Lipinski definition) is 2. The number of amides is 3. The number of imide groups is 1. The third-order valence-electron chi connectivity index (χ3n) is 6.31. The van der Waals surface area contributed by atoms with Crippen molar-refractivity contribution >= 4 is 11.9 Å². The summed E-state index contributed by atoms with van der Waals surface area (Å²) in [4.78, 5) is 28.7. The summed E-state index contributed by atoms with van der Waals surface area (Å²) >= 11 is 0. The lowest BCUT2D eigenvalue weighted by atomic mass is 9.64. The Morgan fingerprint density at radius 1 is 1.19 bits per heavy atom. The molecule has 5 nitrogen and oxygen atoms in total. The van der Waals surface area contributed by atoms with E-state index < -0.39 is 5.54 Å². The van der Waals surface area contributed by atoms with Crippen LogP contribution < -0.4 is 10.2 Å². The number of nitrogens with zero attached hydrogens (tertiary/aromatic N) is 1. The van der Waals surface area contributed by atoms with Crippen LogP contribution in [-0.4, -0.2) is 35.6 Å². The lowest BCUT2D eigenvalue weighted by molar-refractivity contribution is -0.923. The van der Waals surface area contributed by atoms with Gasteiger partial charge in [-0.15, -0.1) is 0 Å². The van der Waals surface area contributed by atoms with Crippen molar-refractivity contribution in [3.8, 4) is 0 Å². The minimum atomic E-state index is -0.689. The van der Waals surface area contributed by atoms with Crippen molar-refractivity contribution in [3.05, 3.63) is 35.4 Å². The lowest BCUT2D eigenvalue weighted by Crippen LogP contribution is -3.13. The summed E-state index contributed by atoms with van der Waals surface area (Å²) in [5.41, 5.74) is 2.12. The van der Waals surface area contributed by atoms with Gasteiger partial charge in [0.2, 0.25) is 0 Å². The highest BCUT2D eigenvalue weighted by molar-refractivity contribution is 6.07. The van der Waals surface area contributed by atoms with Crippen LogP contribution in [0.3, 0.4) is 0 Å². The molecule has 0 aromatic heterocycles. The first-order valence-electron chi connectivity index (χ1n) is 9.82. The summed E-state index contributed by atoms with van der Waals surface area (Å²) in [5.74, 6) is 0.436. The first-order valence-corrected chi connectivity index (χ1v) is 9.82. The smallest absolute Gasteiger partial charge is 0.323 e.